The summed E-state index contributed by atoms with van der Waals surface area (Å²) in [7, 11) is 0. The van der Waals surface area contributed by atoms with Crippen LogP contribution in [0.3, 0.4) is 0 Å². The Bertz CT molecular complexity index is 515. The van der Waals surface area contributed by atoms with Crippen LogP contribution < -0.4 is 16.4 Å². The van der Waals surface area contributed by atoms with Crippen molar-refractivity contribution in [3.05, 3.63) is 10.6 Å². The summed E-state index contributed by atoms with van der Waals surface area (Å²) in [6.45, 7) is 4.13. The second-order valence-corrected chi connectivity index (χ2v) is 6.12. The standard InChI is InChI=1S/C13H22N6OS/c1-2-3-4-6-16-13(20)19-7-5-9-10(8-19)21-12(17-9)18-11(14)15/h2-8H2,1H3,(H,16,20)(H4,14,15,17,18). The number of rotatable bonds is 5. The molecule has 0 atom stereocenters. The summed E-state index contributed by atoms with van der Waals surface area (Å²) in [5.41, 5.74) is 6.30. The van der Waals surface area contributed by atoms with Gasteiger partial charge in [-0.25, -0.2) is 9.78 Å². The summed E-state index contributed by atoms with van der Waals surface area (Å²) < 4.78 is 0. The predicted molar refractivity (Wildman–Crippen MR) is 84.7 cm³/mol. The zero-order valence-electron chi connectivity index (χ0n) is 12.2. The smallest absolute Gasteiger partial charge is 0.317 e. The molecule has 0 aliphatic carbocycles. The van der Waals surface area contributed by atoms with Crippen molar-refractivity contribution in [2.75, 3.05) is 18.4 Å². The fourth-order valence-corrected chi connectivity index (χ4v) is 3.26. The zero-order chi connectivity index (χ0) is 15.2. The summed E-state index contributed by atoms with van der Waals surface area (Å²) in [5, 5.41) is 13.5. The normalized spacial score (nSPS) is 13.7. The van der Waals surface area contributed by atoms with Crippen molar-refractivity contribution in [1.82, 2.24) is 15.2 Å². The Labute approximate surface area is 128 Å². The highest BCUT2D eigenvalue weighted by Gasteiger charge is 2.23. The number of fused-ring (bicyclic) bond motifs is 1. The fraction of sp³-hybridized carbons (Fsp3) is 0.615. The molecule has 0 spiro atoms. The second kappa shape index (κ2) is 7.26. The van der Waals surface area contributed by atoms with E-state index in [0.29, 0.717) is 18.2 Å². The van der Waals surface area contributed by atoms with Gasteiger partial charge in [0.1, 0.15) is 0 Å². The lowest BCUT2D eigenvalue weighted by molar-refractivity contribution is 0.192. The summed E-state index contributed by atoms with van der Waals surface area (Å²) in [6, 6.07) is -0.00812. The molecule has 0 radical (unpaired) electrons. The number of hydrogen-bond acceptors (Lipinski definition) is 4. The Kier molecular flexibility index (Phi) is 5.38. The van der Waals surface area contributed by atoms with E-state index in [-0.39, 0.29) is 12.0 Å². The number of thiazole rings is 1. The molecular formula is C13H22N6OS. The minimum atomic E-state index is -0.119. The van der Waals surface area contributed by atoms with Crippen LogP contribution in [-0.4, -0.2) is 35.0 Å². The number of nitrogens with one attached hydrogen (secondary N) is 3. The van der Waals surface area contributed by atoms with Gasteiger partial charge in [-0.15, -0.1) is 0 Å². The monoisotopic (exact) mass is 310 g/mol. The van der Waals surface area contributed by atoms with Crippen molar-refractivity contribution in [3.63, 3.8) is 0 Å². The van der Waals surface area contributed by atoms with E-state index >= 15 is 0 Å². The number of urea groups is 1. The van der Waals surface area contributed by atoms with E-state index in [2.05, 4.69) is 22.5 Å². The number of hydrogen-bond donors (Lipinski definition) is 4. The number of unbranched alkanes of at least 4 members (excludes halogenated alkanes) is 2. The fourth-order valence-electron chi connectivity index (χ4n) is 2.22. The highest BCUT2D eigenvalue weighted by molar-refractivity contribution is 7.15. The molecule has 0 saturated carbocycles. The Hall–Kier alpha value is -1.83. The Balaban J connectivity index is 1.88. The number of nitrogens with two attached hydrogens (primary N) is 1. The molecular weight excluding hydrogens is 288 g/mol. The van der Waals surface area contributed by atoms with Gasteiger partial charge in [-0.2, -0.15) is 0 Å². The number of carbonyl (C=O) groups is 1. The van der Waals surface area contributed by atoms with Crippen molar-refractivity contribution in [2.45, 2.75) is 39.2 Å². The van der Waals surface area contributed by atoms with Crippen LogP contribution in [0.25, 0.3) is 0 Å². The SMILES string of the molecule is CCCCCNC(=O)N1CCc2nc(NC(=N)N)sc2C1. The van der Waals surface area contributed by atoms with Gasteiger partial charge in [0.2, 0.25) is 0 Å². The number of nitrogens with zero attached hydrogens (tertiary/aromatic N) is 2. The Morgan fingerprint density at radius 2 is 2.33 bits per heavy atom. The Morgan fingerprint density at radius 3 is 3.05 bits per heavy atom. The molecule has 0 aromatic carbocycles. The summed E-state index contributed by atoms with van der Waals surface area (Å²) in [6.07, 6.45) is 4.05. The number of aromatic nitrogens is 1. The maximum Gasteiger partial charge on any atom is 0.317 e. The van der Waals surface area contributed by atoms with Crippen molar-refractivity contribution in [1.29, 1.82) is 5.41 Å². The van der Waals surface area contributed by atoms with Crippen molar-refractivity contribution in [2.24, 2.45) is 5.73 Å². The number of carbonyl (C=O) groups excluding carboxylic acids is 1. The molecule has 116 valence electrons. The van der Waals surface area contributed by atoms with Gasteiger partial charge < -0.3 is 21.3 Å². The Morgan fingerprint density at radius 1 is 1.52 bits per heavy atom. The average Bonchev–Trinajstić information content (AvgIpc) is 2.83. The quantitative estimate of drug-likeness (QED) is 0.377. The third-order valence-corrected chi connectivity index (χ3v) is 4.31. The van der Waals surface area contributed by atoms with Crippen LogP contribution in [0.1, 0.15) is 36.8 Å². The molecule has 1 aromatic heterocycles. The van der Waals surface area contributed by atoms with Gasteiger partial charge in [-0.3, -0.25) is 5.41 Å². The molecule has 5 N–H and O–H groups in total. The van der Waals surface area contributed by atoms with E-state index in [1.165, 1.54) is 11.3 Å². The largest absolute Gasteiger partial charge is 0.370 e. The molecule has 1 aromatic rings. The van der Waals surface area contributed by atoms with Crippen molar-refractivity contribution >= 4 is 28.5 Å². The lowest BCUT2D eigenvalue weighted by atomic mass is 10.2. The number of amides is 2. The van der Waals surface area contributed by atoms with Crippen LogP contribution in [0.5, 0.6) is 0 Å². The number of anilines is 1. The summed E-state index contributed by atoms with van der Waals surface area (Å²) in [4.78, 5) is 19.4. The van der Waals surface area contributed by atoms with Gasteiger partial charge in [0.15, 0.2) is 11.1 Å². The molecule has 0 saturated heterocycles. The first kappa shape index (κ1) is 15.6. The maximum atomic E-state index is 12.1. The van der Waals surface area contributed by atoms with Crippen LogP contribution in [0, 0.1) is 5.41 Å². The van der Waals surface area contributed by atoms with Crippen LogP contribution in [0.2, 0.25) is 0 Å². The lowest BCUT2D eigenvalue weighted by Crippen LogP contribution is -2.42. The molecule has 0 bridgehead atoms. The predicted octanol–water partition coefficient (Wildman–Crippen LogP) is 1.71. The summed E-state index contributed by atoms with van der Waals surface area (Å²) in [5.74, 6) is -0.119. The van der Waals surface area contributed by atoms with Gasteiger partial charge >= 0.3 is 6.03 Å². The van der Waals surface area contributed by atoms with Crippen molar-refractivity contribution in [3.8, 4) is 0 Å². The van der Waals surface area contributed by atoms with Crippen LogP contribution in [-0.2, 0) is 13.0 Å². The molecule has 21 heavy (non-hydrogen) atoms. The molecule has 7 nitrogen and oxygen atoms in total. The molecule has 2 rings (SSSR count). The van der Waals surface area contributed by atoms with Crippen molar-refractivity contribution < 1.29 is 4.79 Å². The molecule has 8 heteroatoms. The zero-order valence-corrected chi connectivity index (χ0v) is 13.1. The third kappa shape index (κ3) is 4.32. The first-order valence-electron chi connectivity index (χ1n) is 7.22. The van der Waals surface area contributed by atoms with E-state index in [1.807, 2.05) is 4.90 Å². The molecule has 1 aliphatic rings. The number of guanidine groups is 1. The molecule has 1 aliphatic heterocycles. The highest BCUT2D eigenvalue weighted by atomic mass is 32.1. The van der Waals surface area contributed by atoms with Gasteiger partial charge in [0.25, 0.3) is 0 Å². The highest BCUT2D eigenvalue weighted by Crippen LogP contribution is 2.28. The van der Waals surface area contributed by atoms with E-state index in [4.69, 9.17) is 11.1 Å². The van der Waals surface area contributed by atoms with Crippen LogP contribution in [0.4, 0.5) is 9.93 Å². The van der Waals surface area contributed by atoms with Gasteiger partial charge in [0, 0.05) is 24.4 Å². The van der Waals surface area contributed by atoms with Gasteiger partial charge in [-0.05, 0) is 6.42 Å². The van der Waals surface area contributed by atoms with E-state index < -0.39 is 0 Å². The van der Waals surface area contributed by atoms with Gasteiger partial charge in [-0.1, -0.05) is 31.1 Å². The molecule has 0 unspecified atom stereocenters. The lowest BCUT2D eigenvalue weighted by Gasteiger charge is -2.26. The van der Waals surface area contributed by atoms with Crippen LogP contribution in [0.15, 0.2) is 0 Å². The first-order chi connectivity index (χ1) is 10.1. The molecule has 0 fully saturated rings. The van der Waals surface area contributed by atoms with Gasteiger partial charge in [0.05, 0.1) is 12.2 Å². The van der Waals surface area contributed by atoms with E-state index in [1.54, 1.807) is 0 Å². The van der Waals surface area contributed by atoms with E-state index in [9.17, 15) is 4.79 Å². The maximum absolute atomic E-state index is 12.1. The minimum Gasteiger partial charge on any atom is -0.370 e. The third-order valence-electron chi connectivity index (χ3n) is 3.32. The topological polar surface area (TPSA) is 107 Å². The van der Waals surface area contributed by atoms with E-state index in [0.717, 1.165) is 42.8 Å². The average molecular weight is 310 g/mol. The first-order valence-corrected chi connectivity index (χ1v) is 8.04. The molecule has 2 amide bonds. The van der Waals surface area contributed by atoms with Crippen LogP contribution >= 0.6 is 11.3 Å². The second-order valence-electron chi connectivity index (χ2n) is 5.04. The molecule has 2 heterocycles. The minimum absolute atomic E-state index is 0.00812. The summed E-state index contributed by atoms with van der Waals surface area (Å²) >= 11 is 1.45.